The lowest BCUT2D eigenvalue weighted by Gasteiger charge is -2.18. The van der Waals surface area contributed by atoms with Crippen LogP contribution in [0.4, 0.5) is 0 Å². The second kappa shape index (κ2) is 7.50. The summed E-state index contributed by atoms with van der Waals surface area (Å²) in [5.41, 5.74) is 2.65. The summed E-state index contributed by atoms with van der Waals surface area (Å²) in [7, 11) is 0. The van der Waals surface area contributed by atoms with Crippen LogP contribution in [0.25, 0.3) is 10.9 Å². The number of aromatic nitrogens is 1. The van der Waals surface area contributed by atoms with E-state index in [4.69, 9.17) is 0 Å². The zero-order valence-corrected chi connectivity index (χ0v) is 15.9. The minimum Gasteiger partial charge on any atom is -0.481 e. The Morgan fingerprint density at radius 1 is 1.04 bits per heavy atom. The number of likely N-dealkylation sites (tertiary alicyclic amines) is 1. The van der Waals surface area contributed by atoms with Crippen LogP contribution in [0.2, 0.25) is 0 Å². The van der Waals surface area contributed by atoms with Gasteiger partial charge in [0, 0.05) is 36.5 Å². The normalized spacial score (nSPS) is 19.2. The van der Waals surface area contributed by atoms with Gasteiger partial charge in [0.25, 0.3) is 5.91 Å². The van der Waals surface area contributed by atoms with Gasteiger partial charge in [-0.05, 0) is 24.1 Å². The summed E-state index contributed by atoms with van der Waals surface area (Å²) < 4.78 is 2.06. The second-order valence-electron chi connectivity index (χ2n) is 7.41. The minimum atomic E-state index is -0.849. The highest BCUT2D eigenvalue weighted by atomic mass is 16.4. The Kier molecular flexibility index (Phi) is 4.90. The van der Waals surface area contributed by atoms with E-state index in [1.807, 2.05) is 60.7 Å². The van der Waals surface area contributed by atoms with E-state index in [1.165, 1.54) is 0 Å². The molecule has 1 aromatic heterocycles. The smallest absolute Gasteiger partial charge is 0.308 e. The predicted octanol–water partition coefficient (Wildman–Crippen LogP) is 3.99. The summed E-state index contributed by atoms with van der Waals surface area (Å²) in [6, 6.07) is 19.5. The molecule has 0 bridgehead atoms. The van der Waals surface area contributed by atoms with E-state index in [1.54, 1.807) is 4.90 Å². The standard InChI is InChI=1S/C23H24N2O3/c1-2-12-25-20-11-7-6-10-17(20)13-21(25)22(26)24-14-18(19(15-24)23(27)28)16-8-4-3-5-9-16/h3-11,13,18-19H,2,12,14-15H2,1H3,(H,27,28)/t18-,19-/m0/s1. The largest absolute Gasteiger partial charge is 0.481 e. The lowest BCUT2D eigenvalue weighted by Crippen LogP contribution is -2.31. The average molecular weight is 376 g/mol. The van der Waals surface area contributed by atoms with Gasteiger partial charge in [-0.25, -0.2) is 0 Å². The van der Waals surface area contributed by atoms with Gasteiger partial charge in [0.2, 0.25) is 0 Å². The Morgan fingerprint density at radius 3 is 2.46 bits per heavy atom. The number of carbonyl (C=O) groups is 2. The van der Waals surface area contributed by atoms with Crippen molar-refractivity contribution in [3.63, 3.8) is 0 Å². The van der Waals surface area contributed by atoms with Crippen LogP contribution in [0.3, 0.4) is 0 Å². The van der Waals surface area contributed by atoms with Gasteiger partial charge in [-0.15, -0.1) is 0 Å². The van der Waals surface area contributed by atoms with Crippen LogP contribution >= 0.6 is 0 Å². The molecule has 0 saturated carbocycles. The highest BCUT2D eigenvalue weighted by molar-refractivity contribution is 5.99. The van der Waals surface area contributed by atoms with Crippen molar-refractivity contribution >= 4 is 22.8 Å². The number of fused-ring (bicyclic) bond motifs is 1. The van der Waals surface area contributed by atoms with Crippen molar-refractivity contribution < 1.29 is 14.7 Å². The molecule has 1 N–H and O–H groups in total. The maximum atomic E-state index is 13.4. The summed E-state index contributed by atoms with van der Waals surface area (Å²) >= 11 is 0. The molecule has 0 aliphatic carbocycles. The highest BCUT2D eigenvalue weighted by Crippen LogP contribution is 2.34. The van der Waals surface area contributed by atoms with Crippen LogP contribution in [0, 0.1) is 5.92 Å². The number of amides is 1. The quantitative estimate of drug-likeness (QED) is 0.732. The number of rotatable bonds is 5. The summed E-state index contributed by atoms with van der Waals surface area (Å²) in [5, 5.41) is 10.8. The molecule has 0 unspecified atom stereocenters. The molecular weight excluding hydrogens is 352 g/mol. The van der Waals surface area contributed by atoms with E-state index in [0.29, 0.717) is 12.2 Å². The molecule has 5 nitrogen and oxygen atoms in total. The molecule has 2 heterocycles. The Hall–Kier alpha value is -3.08. The van der Waals surface area contributed by atoms with E-state index in [9.17, 15) is 14.7 Å². The van der Waals surface area contributed by atoms with Crippen molar-refractivity contribution in [1.82, 2.24) is 9.47 Å². The fourth-order valence-corrected chi connectivity index (χ4v) is 4.27. The number of hydrogen-bond acceptors (Lipinski definition) is 2. The number of nitrogens with zero attached hydrogens (tertiary/aromatic N) is 2. The molecule has 144 valence electrons. The Balaban J connectivity index is 1.68. The highest BCUT2D eigenvalue weighted by Gasteiger charge is 2.41. The number of para-hydroxylation sites is 1. The minimum absolute atomic E-state index is 0.0886. The fourth-order valence-electron chi connectivity index (χ4n) is 4.27. The van der Waals surface area contributed by atoms with Gasteiger partial charge in [-0.2, -0.15) is 0 Å². The molecule has 2 atom stereocenters. The van der Waals surface area contributed by atoms with Crippen LogP contribution in [0.15, 0.2) is 60.7 Å². The maximum absolute atomic E-state index is 13.4. The zero-order chi connectivity index (χ0) is 19.7. The van der Waals surface area contributed by atoms with Crippen LogP contribution in [-0.4, -0.2) is 39.5 Å². The molecule has 0 spiro atoms. The molecule has 1 aliphatic heterocycles. The van der Waals surface area contributed by atoms with Crippen LogP contribution in [-0.2, 0) is 11.3 Å². The van der Waals surface area contributed by atoms with Gasteiger partial charge in [0.15, 0.2) is 0 Å². The average Bonchev–Trinajstić information content (AvgIpc) is 3.31. The van der Waals surface area contributed by atoms with Crippen molar-refractivity contribution in [1.29, 1.82) is 0 Å². The molecule has 2 aromatic carbocycles. The van der Waals surface area contributed by atoms with E-state index < -0.39 is 11.9 Å². The SMILES string of the molecule is CCCn1c(C(=O)N2C[C@H](C(=O)O)[C@H](c3ccccc3)C2)cc2ccccc21. The first-order valence-electron chi connectivity index (χ1n) is 9.75. The van der Waals surface area contributed by atoms with Crippen molar-refractivity contribution in [3.8, 4) is 0 Å². The molecule has 1 amide bonds. The topological polar surface area (TPSA) is 62.5 Å². The van der Waals surface area contributed by atoms with Gasteiger partial charge in [0.1, 0.15) is 5.69 Å². The maximum Gasteiger partial charge on any atom is 0.308 e. The first-order valence-corrected chi connectivity index (χ1v) is 9.75. The van der Waals surface area contributed by atoms with Gasteiger partial charge in [0.05, 0.1) is 5.92 Å². The van der Waals surface area contributed by atoms with Crippen molar-refractivity contribution in [2.45, 2.75) is 25.8 Å². The van der Waals surface area contributed by atoms with E-state index in [2.05, 4.69) is 11.5 Å². The lowest BCUT2D eigenvalue weighted by molar-refractivity contribution is -0.141. The lowest BCUT2D eigenvalue weighted by atomic mass is 9.89. The predicted molar refractivity (Wildman–Crippen MR) is 108 cm³/mol. The zero-order valence-electron chi connectivity index (χ0n) is 15.9. The summed E-state index contributed by atoms with van der Waals surface area (Å²) in [6.45, 7) is 3.51. The first kappa shape index (κ1) is 18.3. The third-order valence-corrected chi connectivity index (χ3v) is 5.63. The molecule has 3 aromatic rings. The van der Waals surface area contributed by atoms with Gasteiger partial charge in [-0.1, -0.05) is 55.5 Å². The van der Waals surface area contributed by atoms with Gasteiger partial charge >= 0.3 is 5.97 Å². The Labute approximate surface area is 164 Å². The molecule has 1 aliphatic rings. The number of benzene rings is 2. The summed E-state index contributed by atoms with van der Waals surface area (Å²) in [4.78, 5) is 26.9. The van der Waals surface area contributed by atoms with Crippen molar-refractivity contribution in [2.24, 2.45) is 5.92 Å². The second-order valence-corrected chi connectivity index (χ2v) is 7.41. The Morgan fingerprint density at radius 2 is 1.75 bits per heavy atom. The molecular formula is C23H24N2O3. The fraction of sp³-hybridized carbons (Fsp3) is 0.304. The summed E-state index contributed by atoms with van der Waals surface area (Å²) in [6.07, 6.45) is 0.920. The number of aliphatic carboxylic acids is 1. The van der Waals surface area contributed by atoms with Crippen molar-refractivity contribution in [3.05, 3.63) is 71.9 Å². The monoisotopic (exact) mass is 376 g/mol. The van der Waals surface area contributed by atoms with Gasteiger partial charge in [-0.3, -0.25) is 9.59 Å². The van der Waals surface area contributed by atoms with Crippen LogP contribution in [0.1, 0.15) is 35.3 Å². The van der Waals surface area contributed by atoms with Gasteiger partial charge < -0.3 is 14.6 Å². The van der Waals surface area contributed by atoms with E-state index in [-0.39, 0.29) is 18.4 Å². The van der Waals surface area contributed by atoms with E-state index in [0.717, 1.165) is 29.4 Å². The van der Waals surface area contributed by atoms with Crippen LogP contribution in [0.5, 0.6) is 0 Å². The molecule has 0 radical (unpaired) electrons. The van der Waals surface area contributed by atoms with Crippen molar-refractivity contribution in [2.75, 3.05) is 13.1 Å². The number of carbonyl (C=O) groups excluding carboxylic acids is 1. The molecule has 1 fully saturated rings. The molecule has 5 heteroatoms. The van der Waals surface area contributed by atoms with Crippen LogP contribution < -0.4 is 0 Å². The molecule has 1 saturated heterocycles. The van der Waals surface area contributed by atoms with E-state index >= 15 is 0 Å². The first-order chi connectivity index (χ1) is 13.6. The third-order valence-electron chi connectivity index (χ3n) is 5.63. The molecule has 28 heavy (non-hydrogen) atoms. The Bertz CT molecular complexity index is 1010. The number of carboxylic acids is 1. The number of aryl methyl sites for hydroxylation is 1. The molecule has 4 rings (SSSR count). The third kappa shape index (κ3) is 3.17. The number of carboxylic acid groups (broad SMARTS) is 1. The summed E-state index contributed by atoms with van der Waals surface area (Å²) in [5.74, 6) is -1.71. The number of hydrogen-bond donors (Lipinski definition) is 1.